The summed E-state index contributed by atoms with van der Waals surface area (Å²) < 4.78 is 36.6. The Labute approximate surface area is 220 Å². The van der Waals surface area contributed by atoms with E-state index in [-0.39, 0.29) is 43.8 Å². The van der Waals surface area contributed by atoms with Gasteiger partial charge in [0.1, 0.15) is 17.5 Å². The summed E-state index contributed by atoms with van der Waals surface area (Å²) in [6.45, 7) is 5.94. The summed E-state index contributed by atoms with van der Waals surface area (Å²) in [4.78, 5) is 27.8. The SMILES string of the molecule is CC[C@H](C)NC(=O)[C@H](C)N(Cc1cccc(OC)c1)C(=O)CCCN(c1ccc(OC)cc1)S(C)(=O)=O. The Balaban J connectivity index is 2.19. The minimum absolute atomic E-state index is 0.0171. The van der Waals surface area contributed by atoms with Crippen molar-refractivity contribution < 1.29 is 27.5 Å². The fraction of sp³-hybridized carbons (Fsp3) is 0.481. The van der Waals surface area contributed by atoms with Gasteiger partial charge in [-0.15, -0.1) is 0 Å². The highest BCUT2D eigenvalue weighted by Gasteiger charge is 2.27. The van der Waals surface area contributed by atoms with Crippen LogP contribution in [0.3, 0.4) is 0 Å². The Hall–Kier alpha value is -3.27. The number of carbonyl (C=O) groups is 2. The molecule has 204 valence electrons. The normalized spacial score (nSPS) is 12.8. The molecule has 1 N–H and O–H groups in total. The Bertz CT molecular complexity index is 1140. The number of anilines is 1. The highest BCUT2D eigenvalue weighted by Crippen LogP contribution is 2.23. The summed E-state index contributed by atoms with van der Waals surface area (Å²) >= 11 is 0. The quantitative estimate of drug-likeness (QED) is 0.398. The molecule has 0 spiro atoms. The monoisotopic (exact) mass is 533 g/mol. The molecule has 0 aliphatic rings. The third-order valence-electron chi connectivity index (χ3n) is 6.17. The van der Waals surface area contributed by atoms with E-state index in [1.807, 2.05) is 38.1 Å². The number of amides is 2. The maximum Gasteiger partial charge on any atom is 0.242 e. The molecule has 2 atom stereocenters. The van der Waals surface area contributed by atoms with Gasteiger partial charge in [0.25, 0.3) is 0 Å². The number of nitrogens with zero attached hydrogens (tertiary/aromatic N) is 2. The molecule has 9 nitrogen and oxygen atoms in total. The second-order valence-corrected chi connectivity index (χ2v) is 10.9. The summed E-state index contributed by atoms with van der Waals surface area (Å²) in [7, 11) is -0.460. The first-order valence-corrected chi connectivity index (χ1v) is 14.2. The Morgan fingerprint density at radius 1 is 1.00 bits per heavy atom. The number of sulfonamides is 1. The first-order valence-electron chi connectivity index (χ1n) is 12.3. The van der Waals surface area contributed by atoms with Crippen LogP contribution in [0.5, 0.6) is 11.5 Å². The Kier molecular flexibility index (Phi) is 11.2. The molecular weight excluding hydrogens is 494 g/mol. The third kappa shape index (κ3) is 8.96. The van der Waals surface area contributed by atoms with Crippen LogP contribution in [0.4, 0.5) is 5.69 Å². The molecule has 0 aromatic heterocycles. The van der Waals surface area contributed by atoms with Crippen LogP contribution in [0.2, 0.25) is 0 Å². The first kappa shape index (κ1) is 30.0. The van der Waals surface area contributed by atoms with Gasteiger partial charge in [-0.25, -0.2) is 8.42 Å². The van der Waals surface area contributed by atoms with Crippen LogP contribution in [0.1, 0.15) is 45.6 Å². The highest BCUT2D eigenvalue weighted by molar-refractivity contribution is 7.92. The molecule has 0 saturated carbocycles. The van der Waals surface area contributed by atoms with Gasteiger partial charge >= 0.3 is 0 Å². The van der Waals surface area contributed by atoms with Gasteiger partial charge in [0.15, 0.2) is 0 Å². The maximum atomic E-state index is 13.4. The van der Waals surface area contributed by atoms with Crippen molar-refractivity contribution in [3.63, 3.8) is 0 Å². The average Bonchev–Trinajstić information content (AvgIpc) is 2.88. The van der Waals surface area contributed by atoms with E-state index in [0.717, 1.165) is 18.2 Å². The lowest BCUT2D eigenvalue weighted by atomic mass is 10.1. The van der Waals surface area contributed by atoms with Crippen LogP contribution < -0.4 is 19.1 Å². The van der Waals surface area contributed by atoms with Crippen LogP contribution in [-0.4, -0.2) is 64.2 Å². The summed E-state index contributed by atoms with van der Waals surface area (Å²) in [5.74, 6) is 0.800. The van der Waals surface area contributed by atoms with Gasteiger partial charge in [-0.1, -0.05) is 19.1 Å². The van der Waals surface area contributed by atoms with Crippen molar-refractivity contribution in [1.82, 2.24) is 10.2 Å². The third-order valence-corrected chi connectivity index (χ3v) is 7.36. The molecule has 0 fully saturated rings. The Morgan fingerprint density at radius 3 is 2.22 bits per heavy atom. The number of rotatable bonds is 14. The molecular formula is C27H39N3O6S. The zero-order valence-electron chi connectivity index (χ0n) is 22.6. The van der Waals surface area contributed by atoms with Crippen molar-refractivity contribution >= 4 is 27.5 Å². The second kappa shape index (κ2) is 13.9. The zero-order chi connectivity index (χ0) is 27.6. The molecule has 0 saturated heterocycles. The van der Waals surface area contributed by atoms with Crippen molar-refractivity contribution in [3.05, 3.63) is 54.1 Å². The van der Waals surface area contributed by atoms with E-state index >= 15 is 0 Å². The highest BCUT2D eigenvalue weighted by atomic mass is 32.2. The van der Waals surface area contributed by atoms with Gasteiger partial charge in [-0.3, -0.25) is 13.9 Å². The van der Waals surface area contributed by atoms with E-state index in [0.29, 0.717) is 17.2 Å². The predicted octanol–water partition coefficient (Wildman–Crippen LogP) is 3.58. The summed E-state index contributed by atoms with van der Waals surface area (Å²) in [5, 5.41) is 2.94. The number of methoxy groups -OCH3 is 2. The van der Waals surface area contributed by atoms with E-state index in [9.17, 15) is 18.0 Å². The van der Waals surface area contributed by atoms with E-state index in [4.69, 9.17) is 9.47 Å². The lowest BCUT2D eigenvalue weighted by Gasteiger charge is -2.30. The van der Waals surface area contributed by atoms with Crippen molar-refractivity contribution in [2.24, 2.45) is 0 Å². The van der Waals surface area contributed by atoms with Crippen molar-refractivity contribution in [2.75, 3.05) is 31.3 Å². The maximum absolute atomic E-state index is 13.4. The smallest absolute Gasteiger partial charge is 0.242 e. The predicted molar refractivity (Wildman–Crippen MR) is 145 cm³/mol. The summed E-state index contributed by atoms with van der Waals surface area (Å²) in [6.07, 6.45) is 2.27. The standard InChI is InChI=1S/C27H39N3O6S/c1-7-20(2)28-27(32)21(3)29(19-22-10-8-11-25(18-22)36-5)26(31)12-9-17-30(37(6,33)34)23-13-15-24(35-4)16-14-23/h8,10-11,13-16,18,20-21H,7,9,12,17,19H2,1-6H3,(H,28,32)/t20-,21-/m0/s1. The molecule has 10 heteroatoms. The minimum Gasteiger partial charge on any atom is -0.497 e. The number of benzene rings is 2. The Morgan fingerprint density at radius 2 is 1.65 bits per heavy atom. The molecule has 0 bridgehead atoms. The number of hydrogen-bond acceptors (Lipinski definition) is 6. The zero-order valence-corrected chi connectivity index (χ0v) is 23.4. The van der Waals surface area contributed by atoms with E-state index in [2.05, 4.69) is 5.32 Å². The van der Waals surface area contributed by atoms with Gasteiger partial charge in [-0.2, -0.15) is 0 Å². The van der Waals surface area contributed by atoms with Crippen molar-refractivity contribution in [1.29, 1.82) is 0 Å². The lowest BCUT2D eigenvalue weighted by molar-refractivity contribution is -0.140. The minimum atomic E-state index is -3.57. The molecule has 2 rings (SSSR count). The van der Waals surface area contributed by atoms with Crippen molar-refractivity contribution in [3.8, 4) is 11.5 Å². The van der Waals surface area contributed by atoms with Crippen molar-refractivity contribution in [2.45, 2.75) is 58.7 Å². The van der Waals surface area contributed by atoms with E-state index in [1.165, 1.54) is 16.3 Å². The van der Waals surface area contributed by atoms with Gasteiger partial charge in [0.2, 0.25) is 21.8 Å². The molecule has 2 amide bonds. The number of carbonyl (C=O) groups excluding carboxylic acids is 2. The molecule has 0 heterocycles. The molecule has 2 aromatic carbocycles. The van der Waals surface area contributed by atoms with E-state index in [1.54, 1.807) is 38.3 Å². The summed E-state index contributed by atoms with van der Waals surface area (Å²) in [6, 6.07) is 13.3. The van der Waals surface area contributed by atoms with Crippen LogP contribution in [0, 0.1) is 0 Å². The molecule has 0 aliphatic heterocycles. The average molecular weight is 534 g/mol. The number of ether oxygens (including phenoxy) is 2. The van der Waals surface area contributed by atoms with Crippen LogP contribution in [-0.2, 0) is 26.2 Å². The number of nitrogens with one attached hydrogen (secondary N) is 1. The van der Waals surface area contributed by atoms with Crippen LogP contribution in [0.15, 0.2) is 48.5 Å². The van der Waals surface area contributed by atoms with Gasteiger partial charge < -0.3 is 19.7 Å². The van der Waals surface area contributed by atoms with Crippen LogP contribution >= 0.6 is 0 Å². The second-order valence-electron chi connectivity index (χ2n) is 9.00. The van der Waals surface area contributed by atoms with Crippen LogP contribution in [0.25, 0.3) is 0 Å². The fourth-order valence-corrected chi connectivity index (χ4v) is 4.73. The van der Waals surface area contributed by atoms with Gasteiger partial charge in [0.05, 0.1) is 26.2 Å². The van der Waals surface area contributed by atoms with E-state index < -0.39 is 16.1 Å². The molecule has 0 unspecified atom stereocenters. The van der Waals surface area contributed by atoms with Gasteiger partial charge in [-0.05, 0) is 68.7 Å². The molecule has 0 radical (unpaired) electrons. The topological polar surface area (TPSA) is 105 Å². The first-order chi connectivity index (χ1) is 17.5. The fourth-order valence-electron chi connectivity index (χ4n) is 3.77. The summed E-state index contributed by atoms with van der Waals surface area (Å²) in [5.41, 5.74) is 1.32. The molecule has 0 aliphatic carbocycles. The molecule has 2 aromatic rings. The molecule has 37 heavy (non-hydrogen) atoms. The number of hydrogen-bond donors (Lipinski definition) is 1. The van der Waals surface area contributed by atoms with Gasteiger partial charge in [0, 0.05) is 25.6 Å². The largest absolute Gasteiger partial charge is 0.497 e. The lowest BCUT2D eigenvalue weighted by Crippen LogP contribution is -2.49.